The zero-order valence-electron chi connectivity index (χ0n) is 13.0. The third-order valence-electron chi connectivity index (χ3n) is 3.08. The minimum Gasteiger partial charge on any atom is -0.494 e. The normalized spacial score (nSPS) is 10.7. The Balaban J connectivity index is 1.76. The van der Waals surface area contributed by atoms with E-state index in [1.165, 1.54) is 0 Å². The summed E-state index contributed by atoms with van der Waals surface area (Å²) in [6.45, 7) is 7.75. The van der Waals surface area contributed by atoms with Crippen LogP contribution >= 0.6 is 0 Å². The van der Waals surface area contributed by atoms with Gasteiger partial charge in [-0.3, -0.25) is 0 Å². The quantitative estimate of drug-likeness (QED) is 0.786. The minimum absolute atomic E-state index is 0.411. The smallest absolute Gasteiger partial charge is 0.223 e. The van der Waals surface area contributed by atoms with Gasteiger partial charge in [-0.05, 0) is 37.5 Å². The van der Waals surface area contributed by atoms with Crippen LogP contribution < -0.4 is 10.1 Å². The van der Waals surface area contributed by atoms with Gasteiger partial charge in [0.1, 0.15) is 5.75 Å². The number of anilines is 1. The van der Waals surface area contributed by atoms with Crippen LogP contribution in [0.15, 0.2) is 36.4 Å². The fourth-order valence-corrected chi connectivity index (χ4v) is 1.95. The van der Waals surface area contributed by atoms with E-state index in [4.69, 9.17) is 4.74 Å². The van der Waals surface area contributed by atoms with Crippen molar-refractivity contribution >= 4 is 5.95 Å². The number of ether oxygens (including phenoxy) is 1. The predicted molar refractivity (Wildman–Crippen MR) is 85.9 cm³/mol. The predicted octanol–water partition coefficient (Wildman–Crippen LogP) is 3.79. The van der Waals surface area contributed by atoms with Crippen LogP contribution in [-0.4, -0.2) is 23.1 Å². The van der Waals surface area contributed by atoms with Gasteiger partial charge < -0.3 is 10.1 Å². The molecule has 4 nitrogen and oxygen atoms in total. The first-order valence-corrected chi connectivity index (χ1v) is 7.42. The van der Waals surface area contributed by atoms with E-state index in [0.717, 1.165) is 30.1 Å². The van der Waals surface area contributed by atoms with Gasteiger partial charge in [-0.1, -0.05) is 32.0 Å². The van der Waals surface area contributed by atoms with Crippen LogP contribution in [0.3, 0.4) is 0 Å². The second-order valence-corrected chi connectivity index (χ2v) is 5.35. The molecule has 1 heterocycles. The van der Waals surface area contributed by atoms with Crippen molar-refractivity contribution in [2.75, 3.05) is 18.5 Å². The van der Waals surface area contributed by atoms with Crippen LogP contribution in [0.1, 0.15) is 37.6 Å². The van der Waals surface area contributed by atoms with Crippen molar-refractivity contribution in [3.63, 3.8) is 0 Å². The van der Waals surface area contributed by atoms with Gasteiger partial charge >= 0.3 is 0 Å². The Hall–Kier alpha value is -2.10. The van der Waals surface area contributed by atoms with E-state index < -0.39 is 0 Å². The monoisotopic (exact) mass is 285 g/mol. The van der Waals surface area contributed by atoms with Crippen molar-refractivity contribution in [2.24, 2.45) is 0 Å². The number of para-hydroxylation sites is 1. The molecule has 0 unspecified atom stereocenters. The molecule has 0 atom stereocenters. The largest absolute Gasteiger partial charge is 0.494 e. The van der Waals surface area contributed by atoms with Crippen LogP contribution in [0.4, 0.5) is 5.95 Å². The van der Waals surface area contributed by atoms with E-state index in [2.05, 4.69) is 29.1 Å². The highest BCUT2D eigenvalue weighted by molar-refractivity contribution is 5.29. The summed E-state index contributed by atoms with van der Waals surface area (Å²) in [6.07, 6.45) is 0.906. The number of aromatic nitrogens is 2. The van der Waals surface area contributed by atoms with Gasteiger partial charge in [-0.15, -0.1) is 0 Å². The Labute approximate surface area is 126 Å². The molecule has 0 bridgehead atoms. The van der Waals surface area contributed by atoms with Crippen molar-refractivity contribution in [3.05, 3.63) is 47.8 Å². The number of nitrogens with zero attached hydrogens (tertiary/aromatic N) is 2. The number of benzene rings is 1. The zero-order chi connectivity index (χ0) is 15.1. The minimum atomic E-state index is 0.411. The number of aryl methyl sites for hydroxylation is 1. The molecule has 0 spiro atoms. The molecule has 0 radical (unpaired) electrons. The molecular formula is C17H23N3O. The lowest BCUT2D eigenvalue weighted by Crippen LogP contribution is -2.11. The molecule has 1 aromatic carbocycles. The first kappa shape index (κ1) is 15.3. The Morgan fingerprint density at radius 1 is 1.14 bits per heavy atom. The summed E-state index contributed by atoms with van der Waals surface area (Å²) in [5, 5.41) is 3.26. The van der Waals surface area contributed by atoms with Gasteiger partial charge in [-0.25, -0.2) is 9.97 Å². The lowest BCUT2D eigenvalue weighted by molar-refractivity contribution is 0.315. The zero-order valence-corrected chi connectivity index (χ0v) is 13.0. The standard InChI is InChI=1S/C17H23N3O/c1-13(2)16-12-14(3)19-17(20-16)18-10-7-11-21-15-8-5-4-6-9-15/h4-6,8-9,12-13H,7,10-11H2,1-3H3,(H,18,19,20). The maximum atomic E-state index is 5.65. The fraction of sp³-hybridized carbons (Fsp3) is 0.412. The van der Waals surface area contributed by atoms with Crippen LogP contribution in [0.5, 0.6) is 5.75 Å². The van der Waals surface area contributed by atoms with Crippen molar-refractivity contribution in [1.82, 2.24) is 9.97 Å². The molecule has 2 aromatic rings. The number of hydrogen-bond acceptors (Lipinski definition) is 4. The molecule has 0 aliphatic heterocycles. The summed E-state index contributed by atoms with van der Waals surface area (Å²) in [4.78, 5) is 8.93. The average molecular weight is 285 g/mol. The molecule has 2 rings (SSSR count). The first-order chi connectivity index (χ1) is 10.1. The fourth-order valence-electron chi connectivity index (χ4n) is 1.95. The topological polar surface area (TPSA) is 47.0 Å². The molecule has 21 heavy (non-hydrogen) atoms. The molecule has 0 amide bonds. The Bertz CT molecular complexity index is 555. The SMILES string of the molecule is Cc1cc(C(C)C)nc(NCCCOc2ccccc2)n1. The summed E-state index contributed by atoms with van der Waals surface area (Å²) in [6, 6.07) is 11.9. The highest BCUT2D eigenvalue weighted by Gasteiger charge is 2.05. The van der Waals surface area contributed by atoms with Crippen LogP contribution in [0.25, 0.3) is 0 Å². The van der Waals surface area contributed by atoms with Gasteiger partial charge in [0.05, 0.1) is 6.61 Å². The van der Waals surface area contributed by atoms with Gasteiger partial charge in [-0.2, -0.15) is 0 Å². The highest BCUT2D eigenvalue weighted by atomic mass is 16.5. The second-order valence-electron chi connectivity index (χ2n) is 5.35. The molecule has 0 saturated heterocycles. The average Bonchev–Trinajstić information content (AvgIpc) is 2.47. The summed E-state index contributed by atoms with van der Waals surface area (Å²) in [7, 11) is 0. The molecule has 1 N–H and O–H groups in total. The van der Waals surface area contributed by atoms with E-state index in [0.29, 0.717) is 18.5 Å². The lowest BCUT2D eigenvalue weighted by Gasteiger charge is -2.10. The Kier molecular flexibility index (Phi) is 5.55. The molecule has 0 aliphatic rings. The summed E-state index contributed by atoms with van der Waals surface area (Å²) >= 11 is 0. The molecule has 0 aliphatic carbocycles. The Morgan fingerprint density at radius 2 is 1.90 bits per heavy atom. The summed E-state index contributed by atoms with van der Waals surface area (Å²) < 4.78 is 5.65. The molecule has 0 fully saturated rings. The molecule has 4 heteroatoms. The molecule has 1 aromatic heterocycles. The third kappa shape index (κ3) is 5.06. The van der Waals surface area contributed by atoms with E-state index in [1.54, 1.807) is 0 Å². The van der Waals surface area contributed by atoms with E-state index >= 15 is 0 Å². The highest BCUT2D eigenvalue weighted by Crippen LogP contribution is 2.14. The van der Waals surface area contributed by atoms with Crippen molar-refractivity contribution in [1.29, 1.82) is 0 Å². The number of nitrogens with one attached hydrogen (secondary N) is 1. The van der Waals surface area contributed by atoms with Crippen molar-refractivity contribution in [2.45, 2.75) is 33.1 Å². The van der Waals surface area contributed by atoms with Crippen molar-refractivity contribution < 1.29 is 4.74 Å². The summed E-state index contributed by atoms with van der Waals surface area (Å²) in [5.74, 6) is 2.03. The van der Waals surface area contributed by atoms with Crippen LogP contribution in [0.2, 0.25) is 0 Å². The van der Waals surface area contributed by atoms with Gasteiger partial charge in [0.2, 0.25) is 5.95 Å². The van der Waals surface area contributed by atoms with Crippen molar-refractivity contribution in [3.8, 4) is 5.75 Å². The van der Waals surface area contributed by atoms with E-state index in [-0.39, 0.29) is 0 Å². The van der Waals surface area contributed by atoms with E-state index in [9.17, 15) is 0 Å². The lowest BCUT2D eigenvalue weighted by atomic mass is 10.1. The van der Waals surface area contributed by atoms with E-state index in [1.807, 2.05) is 43.3 Å². The third-order valence-corrected chi connectivity index (χ3v) is 3.08. The molecule has 0 saturated carbocycles. The van der Waals surface area contributed by atoms with Crippen LogP contribution in [-0.2, 0) is 0 Å². The molecule has 112 valence electrons. The van der Waals surface area contributed by atoms with Gasteiger partial charge in [0.15, 0.2) is 0 Å². The summed E-state index contributed by atoms with van der Waals surface area (Å²) in [5.41, 5.74) is 2.07. The first-order valence-electron chi connectivity index (χ1n) is 7.42. The second kappa shape index (κ2) is 7.62. The number of rotatable bonds is 7. The maximum absolute atomic E-state index is 5.65. The molecular weight excluding hydrogens is 262 g/mol. The van der Waals surface area contributed by atoms with Gasteiger partial charge in [0, 0.05) is 17.9 Å². The van der Waals surface area contributed by atoms with Crippen LogP contribution in [0, 0.1) is 6.92 Å². The Morgan fingerprint density at radius 3 is 2.62 bits per heavy atom. The maximum Gasteiger partial charge on any atom is 0.223 e. The number of hydrogen-bond donors (Lipinski definition) is 1. The van der Waals surface area contributed by atoms with Gasteiger partial charge in [0.25, 0.3) is 0 Å².